The molecule has 1 fully saturated rings. The first-order valence-electron chi connectivity index (χ1n) is 5.73. The number of nitrogens with zero attached hydrogens (tertiary/aromatic N) is 2. The summed E-state index contributed by atoms with van der Waals surface area (Å²) in [6.45, 7) is 0. The molecular weight excluding hydrogens is 212 g/mol. The Morgan fingerprint density at radius 2 is 1.88 bits per heavy atom. The van der Waals surface area contributed by atoms with Gasteiger partial charge in [-0.1, -0.05) is 30.3 Å². The minimum Gasteiger partial charge on any atom is -0.382 e. The second kappa shape index (κ2) is 4.05. The first-order chi connectivity index (χ1) is 8.33. The van der Waals surface area contributed by atoms with E-state index in [-0.39, 0.29) is 0 Å². The first kappa shape index (κ1) is 10.1. The molecular formula is C13H14N4. The van der Waals surface area contributed by atoms with Gasteiger partial charge in [0, 0.05) is 12.0 Å². The molecule has 1 heterocycles. The number of aromatic nitrogens is 2. The SMILES string of the molecule is Nc1ccc(NC2CC2c2ccccc2)nn1. The van der Waals surface area contributed by atoms with E-state index in [1.807, 2.05) is 12.1 Å². The van der Waals surface area contributed by atoms with Crippen molar-refractivity contribution < 1.29 is 0 Å². The van der Waals surface area contributed by atoms with E-state index >= 15 is 0 Å². The first-order valence-corrected chi connectivity index (χ1v) is 5.73. The minimum absolute atomic E-state index is 0.450. The van der Waals surface area contributed by atoms with Crippen molar-refractivity contribution in [1.29, 1.82) is 0 Å². The lowest BCUT2D eigenvalue weighted by Gasteiger charge is -2.04. The number of nitrogens with one attached hydrogen (secondary N) is 1. The van der Waals surface area contributed by atoms with Crippen molar-refractivity contribution in [2.45, 2.75) is 18.4 Å². The predicted molar refractivity (Wildman–Crippen MR) is 67.7 cm³/mol. The van der Waals surface area contributed by atoms with Gasteiger partial charge in [-0.25, -0.2) is 0 Å². The molecule has 2 atom stereocenters. The highest BCUT2D eigenvalue weighted by Crippen LogP contribution is 2.42. The normalized spacial score (nSPS) is 22.1. The van der Waals surface area contributed by atoms with E-state index in [4.69, 9.17) is 5.73 Å². The number of nitrogens with two attached hydrogens (primary N) is 1. The van der Waals surface area contributed by atoms with Crippen LogP contribution < -0.4 is 11.1 Å². The number of anilines is 2. The molecule has 1 aromatic carbocycles. The molecule has 1 saturated carbocycles. The smallest absolute Gasteiger partial charge is 0.149 e. The van der Waals surface area contributed by atoms with Crippen LogP contribution in [0.25, 0.3) is 0 Å². The maximum absolute atomic E-state index is 5.49. The summed E-state index contributed by atoms with van der Waals surface area (Å²) in [4.78, 5) is 0. The Balaban J connectivity index is 1.64. The van der Waals surface area contributed by atoms with E-state index in [9.17, 15) is 0 Å². The lowest BCUT2D eigenvalue weighted by atomic mass is 10.1. The van der Waals surface area contributed by atoms with Crippen molar-refractivity contribution in [2.24, 2.45) is 0 Å². The molecule has 1 aliphatic carbocycles. The Bertz CT molecular complexity index is 495. The van der Waals surface area contributed by atoms with Crippen molar-refractivity contribution in [3.05, 3.63) is 48.0 Å². The Morgan fingerprint density at radius 1 is 1.06 bits per heavy atom. The van der Waals surface area contributed by atoms with E-state index in [0.29, 0.717) is 17.8 Å². The average Bonchev–Trinajstić information content (AvgIpc) is 3.13. The molecule has 86 valence electrons. The summed E-state index contributed by atoms with van der Waals surface area (Å²) in [6, 6.07) is 14.6. The highest BCUT2D eigenvalue weighted by atomic mass is 15.2. The fraction of sp³-hybridized carbons (Fsp3) is 0.231. The summed E-state index contributed by atoms with van der Waals surface area (Å²) in [5, 5.41) is 11.2. The number of rotatable bonds is 3. The molecule has 3 N–H and O–H groups in total. The standard InChI is InChI=1S/C13H14N4/c14-12-6-7-13(17-16-12)15-11-8-10(11)9-4-2-1-3-5-9/h1-7,10-11H,8H2,(H2,14,16)(H,15,17). The largest absolute Gasteiger partial charge is 0.382 e. The second-order valence-corrected chi connectivity index (χ2v) is 4.35. The quantitative estimate of drug-likeness (QED) is 0.840. The lowest BCUT2D eigenvalue weighted by molar-refractivity contribution is 0.983. The van der Waals surface area contributed by atoms with Gasteiger partial charge in [0.05, 0.1) is 0 Å². The third-order valence-electron chi connectivity index (χ3n) is 3.04. The summed E-state index contributed by atoms with van der Waals surface area (Å²) < 4.78 is 0. The van der Waals surface area contributed by atoms with Crippen LogP contribution in [0, 0.1) is 0 Å². The molecule has 1 aliphatic rings. The Morgan fingerprint density at radius 3 is 2.59 bits per heavy atom. The summed E-state index contributed by atoms with van der Waals surface area (Å²) in [5.74, 6) is 1.84. The van der Waals surface area contributed by atoms with Gasteiger partial charge in [-0.3, -0.25) is 0 Å². The molecule has 0 saturated heterocycles. The van der Waals surface area contributed by atoms with Gasteiger partial charge in [-0.15, -0.1) is 10.2 Å². The molecule has 3 rings (SSSR count). The van der Waals surface area contributed by atoms with Crippen molar-refractivity contribution in [2.75, 3.05) is 11.1 Å². The molecule has 0 aliphatic heterocycles. The van der Waals surface area contributed by atoms with Gasteiger partial charge >= 0.3 is 0 Å². The van der Waals surface area contributed by atoms with E-state index in [2.05, 4.69) is 39.8 Å². The maximum atomic E-state index is 5.49. The van der Waals surface area contributed by atoms with Crippen molar-refractivity contribution in [1.82, 2.24) is 10.2 Å². The lowest BCUT2D eigenvalue weighted by Crippen LogP contribution is -2.07. The van der Waals surface area contributed by atoms with Crippen LogP contribution in [-0.2, 0) is 0 Å². The van der Waals surface area contributed by atoms with Crippen LogP contribution in [0.3, 0.4) is 0 Å². The number of benzene rings is 1. The number of hydrogen-bond acceptors (Lipinski definition) is 4. The van der Waals surface area contributed by atoms with Gasteiger partial charge in [0.15, 0.2) is 0 Å². The van der Waals surface area contributed by atoms with Crippen LogP contribution in [0.2, 0.25) is 0 Å². The van der Waals surface area contributed by atoms with Gasteiger partial charge < -0.3 is 11.1 Å². The highest BCUT2D eigenvalue weighted by molar-refractivity contribution is 5.43. The van der Waals surface area contributed by atoms with Gasteiger partial charge in [0.25, 0.3) is 0 Å². The van der Waals surface area contributed by atoms with Crippen LogP contribution in [0.4, 0.5) is 11.6 Å². The number of nitrogen functional groups attached to an aromatic ring is 1. The fourth-order valence-corrected chi connectivity index (χ4v) is 2.03. The molecule has 0 amide bonds. The highest BCUT2D eigenvalue weighted by Gasteiger charge is 2.38. The molecule has 17 heavy (non-hydrogen) atoms. The molecule has 4 nitrogen and oxygen atoms in total. The summed E-state index contributed by atoms with van der Waals surface area (Å²) in [6.07, 6.45) is 1.15. The maximum Gasteiger partial charge on any atom is 0.149 e. The van der Waals surface area contributed by atoms with Crippen LogP contribution >= 0.6 is 0 Å². The van der Waals surface area contributed by atoms with E-state index in [0.717, 1.165) is 12.2 Å². The zero-order valence-corrected chi connectivity index (χ0v) is 9.38. The van der Waals surface area contributed by atoms with Gasteiger partial charge in [0.1, 0.15) is 11.6 Å². The van der Waals surface area contributed by atoms with Crippen LogP contribution in [0.5, 0.6) is 0 Å². The molecule has 4 heteroatoms. The molecule has 2 unspecified atom stereocenters. The van der Waals surface area contributed by atoms with Gasteiger partial charge in [-0.2, -0.15) is 0 Å². The average molecular weight is 226 g/mol. The van der Waals surface area contributed by atoms with Crippen LogP contribution in [0.15, 0.2) is 42.5 Å². The summed E-state index contributed by atoms with van der Waals surface area (Å²) in [5.41, 5.74) is 6.87. The van der Waals surface area contributed by atoms with Gasteiger partial charge in [-0.05, 0) is 24.1 Å². The Kier molecular flexibility index (Phi) is 2.40. The second-order valence-electron chi connectivity index (χ2n) is 4.35. The van der Waals surface area contributed by atoms with Gasteiger partial charge in [0.2, 0.25) is 0 Å². The molecule has 0 bridgehead atoms. The molecule has 0 spiro atoms. The predicted octanol–water partition coefficient (Wildman–Crippen LogP) is 2.03. The monoisotopic (exact) mass is 226 g/mol. The van der Waals surface area contributed by atoms with Crippen molar-refractivity contribution >= 4 is 11.6 Å². The van der Waals surface area contributed by atoms with Crippen LogP contribution in [0.1, 0.15) is 17.9 Å². The zero-order valence-electron chi connectivity index (χ0n) is 9.38. The summed E-state index contributed by atoms with van der Waals surface area (Å²) >= 11 is 0. The molecule has 1 aromatic heterocycles. The van der Waals surface area contributed by atoms with Crippen molar-refractivity contribution in [3.8, 4) is 0 Å². The Hall–Kier alpha value is -2.10. The third kappa shape index (κ3) is 2.20. The topological polar surface area (TPSA) is 63.8 Å². The summed E-state index contributed by atoms with van der Waals surface area (Å²) in [7, 11) is 0. The van der Waals surface area contributed by atoms with E-state index in [1.165, 1.54) is 5.56 Å². The number of hydrogen-bond donors (Lipinski definition) is 2. The fourth-order valence-electron chi connectivity index (χ4n) is 2.03. The Labute approximate surface area is 99.9 Å². The van der Waals surface area contributed by atoms with Crippen LogP contribution in [-0.4, -0.2) is 16.2 Å². The van der Waals surface area contributed by atoms with Crippen molar-refractivity contribution in [3.63, 3.8) is 0 Å². The molecule has 0 radical (unpaired) electrons. The minimum atomic E-state index is 0.450. The van der Waals surface area contributed by atoms with E-state index < -0.39 is 0 Å². The van der Waals surface area contributed by atoms with E-state index in [1.54, 1.807) is 6.07 Å². The third-order valence-corrected chi connectivity index (χ3v) is 3.04. The molecule has 2 aromatic rings. The zero-order chi connectivity index (χ0) is 11.7.